The lowest BCUT2D eigenvalue weighted by atomic mass is 9.82. The predicted octanol–water partition coefficient (Wildman–Crippen LogP) is 4.68. The maximum atomic E-state index is 14.1. The molecule has 0 bridgehead atoms. The maximum Gasteiger partial charge on any atom is 0.315 e. The molecule has 1 aliphatic rings. The van der Waals surface area contributed by atoms with Crippen LogP contribution in [0.4, 0.5) is 19.7 Å². The number of carbonyl (C=O) groups excluding carboxylic acids is 2. The highest BCUT2D eigenvalue weighted by atomic mass is 32.1. The minimum absolute atomic E-state index is 0.126. The number of carbonyl (C=O) groups is 2. The fourth-order valence-electron chi connectivity index (χ4n) is 4.17. The van der Waals surface area contributed by atoms with E-state index in [2.05, 4.69) is 15.3 Å². The van der Waals surface area contributed by atoms with E-state index < -0.39 is 29.4 Å². The van der Waals surface area contributed by atoms with Gasteiger partial charge in [-0.2, -0.15) is 0 Å². The molecule has 1 aromatic carbocycles. The first-order valence-corrected chi connectivity index (χ1v) is 11.7. The lowest BCUT2D eigenvalue weighted by Crippen LogP contribution is -2.41. The van der Waals surface area contributed by atoms with Crippen LogP contribution in [-0.4, -0.2) is 46.9 Å². The predicted molar refractivity (Wildman–Crippen MR) is 124 cm³/mol. The fourth-order valence-corrected chi connectivity index (χ4v) is 4.84. The van der Waals surface area contributed by atoms with Crippen LogP contribution in [0.5, 0.6) is 0 Å². The van der Waals surface area contributed by atoms with E-state index in [1.807, 2.05) is 13.0 Å². The molecule has 1 fully saturated rings. The van der Waals surface area contributed by atoms with Crippen molar-refractivity contribution in [2.24, 2.45) is 5.92 Å². The van der Waals surface area contributed by atoms with Gasteiger partial charge in [-0.25, -0.2) is 18.7 Å². The highest BCUT2D eigenvalue weighted by molar-refractivity contribution is 7.15. The molecule has 4 rings (SSSR count). The van der Waals surface area contributed by atoms with E-state index in [9.17, 15) is 18.4 Å². The second-order valence-electron chi connectivity index (χ2n) is 8.08. The molecule has 1 aliphatic heterocycles. The number of piperidine rings is 1. The van der Waals surface area contributed by atoms with Gasteiger partial charge in [0.25, 0.3) is 5.91 Å². The molecule has 1 unspecified atom stereocenters. The van der Waals surface area contributed by atoms with Crippen LogP contribution in [0.1, 0.15) is 39.7 Å². The molecule has 178 valence electrons. The minimum Gasteiger partial charge on any atom is -0.468 e. The molecule has 3 aromatic rings. The Bertz CT molecular complexity index is 1190. The molecular weight excluding hydrogens is 462 g/mol. The zero-order valence-corrected chi connectivity index (χ0v) is 19.6. The second kappa shape index (κ2) is 10.3. The Hall–Kier alpha value is -3.40. The molecule has 7 nitrogen and oxygen atoms in total. The average Bonchev–Trinajstić information content (AvgIpc) is 3.25. The van der Waals surface area contributed by atoms with E-state index in [0.717, 1.165) is 10.9 Å². The Kier molecular flexibility index (Phi) is 7.16. The number of esters is 1. The number of pyridine rings is 1. The Labute approximate surface area is 199 Å². The van der Waals surface area contributed by atoms with Crippen LogP contribution >= 0.6 is 11.3 Å². The molecule has 1 saturated heterocycles. The summed E-state index contributed by atoms with van der Waals surface area (Å²) in [7, 11) is 1.33. The first kappa shape index (κ1) is 23.7. The van der Waals surface area contributed by atoms with Crippen LogP contribution in [0.2, 0.25) is 0 Å². The van der Waals surface area contributed by atoms with Crippen molar-refractivity contribution in [1.29, 1.82) is 0 Å². The molecule has 3 heterocycles. The molecule has 10 heteroatoms. The number of halogens is 2. The topological polar surface area (TPSA) is 84.4 Å². The van der Waals surface area contributed by atoms with Gasteiger partial charge < -0.3 is 15.0 Å². The number of thiazole rings is 1. The van der Waals surface area contributed by atoms with E-state index in [4.69, 9.17) is 4.74 Å². The number of methoxy groups -OCH3 is 1. The number of anilines is 2. The lowest BCUT2D eigenvalue weighted by molar-refractivity contribution is -0.144. The first-order chi connectivity index (χ1) is 16.4. The number of rotatable bonds is 6. The third-order valence-corrected chi connectivity index (χ3v) is 6.71. The molecule has 0 aliphatic carbocycles. The molecule has 1 atom stereocenters. The summed E-state index contributed by atoms with van der Waals surface area (Å²) < 4.78 is 32.7. The third-order valence-electron chi connectivity index (χ3n) is 5.88. The summed E-state index contributed by atoms with van der Waals surface area (Å²) in [6, 6.07) is 8.95. The summed E-state index contributed by atoms with van der Waals surface area (Å²) >= 11 is 1.50. The molecule has 0 saturated carbocycles. The number of benzene rings is 1. The summed E-state index contributed by atoms with van der Waals surface area (Å²) in [6.07, 6.45) is 2.75. The number of aryl methyl sites for hydroxylation is 1. The Balaban J connectivity index is 1.49. The van der Waals surface area contributed by atoms with Crippen LogP contribution in [0.25, 0.3) is 0 Å². The quantitative estimate of drug-likeness (QED) is 0.510. The van der Waals surface area contributed by atoms with Gasteiger partial charge in [-0.05, 0) is 49.9 Å². The Morgan fingerprint density at radius 3 is 2.59 bits per heavy atom. The van der Waals surface area contributed by atoms with E-state index >= 15 is 0 Å². The molecule has 34 heavy (non-hydrogen) atoms. The van der Waals surface area contributed by atoms with E-state index in [0.29, 0.717) is 42.6 Å². The number of nitrogens with one attached hydrogen (secondary N) is 1. The SMILES string of the molecule is COC(=O)C(c1cccc(Nc2ncc(C)s2)n1)C1CCN(C(=O)c2cccc(F)c2F)CC1. The van der Waals surface area contributed by atoms with Crippen molar-refractivity contribution in [3.8, 4) is 0 Å². The number of amides is 1. The number of aromatic nitrogens is 2. The van der Waals surface area contributed by atoms with Crippen LogP contribution < -0.4 is 5.32 Å². The Morgan fingerprint density at radius 2 is 1.91 bits per heavy atom. The van der Waals surface area contributed by atoms with Crippen LogP contribution in [0.15, 0.2) is 42.6 Å². The fraction of sp³-hybridized carbons (Fsp3) is 0.333. The number of hydrogen-bond donors (Lipinski definition) is 1. The minimum atomic E-state index is -1.15. The van der Waals surface area contributed by atoms with Crippen molar-refractivity contribution < 1.29 is 23.1 Å². The van der Waals surface area contributed by atoms with Crippen molar-refractivity contribution in [3.05, 3.63) is 70.4 Å². The van der Waals surface area contributed by atoms with Crippen molar-refractivity contribution in [2.75, 3.05) is 25.5 Å². The Morgan fingerprint density at radius 1 is 1.18 bits per heavy atom. The highest BCUT2D eigenvalue weighted by Gasteiger charge is 2.36. The van der Waals surface area contributed by atoms with E-state index in [-0.39, 0.29) is 11.5 Å². The molecule has 1 N–H and O–H groups in total. The van der Waals surface area contributed by atoms with Crippen molar-refractivity contribution >= 4 is 34.2 Å². The van der Waals surface area contributed by atoms with Gasteiger partial charge in [0.2, 0.25) is 0 Å². The van der Waals surface area contributed by atoms with Gasteiger partial charge in [0.1, 0.15) is 11.7 Å². The van der Waals surface area contributed by atoms with Crippen LogP contribution in [0, 0.1) is 24.5 Å². The van der Waals surface area contributed by atoms with Gasteiger partial charge in [-0.15, -0.1) is 11.3 Å². The smallest absolute Gasteiger partial charge is 0.315 e. The molecule has 0 radical (unpaired) electrons. The monoisotopic (exact) mass is 486 g/mol. The standard InChI is InChI=1S/C24H24F2N4O3S/c1-14-13-27-24(34-14)29-19-8-4-7-18(28-19)20(23(32)33-2)15-9-11-30(12-10-15)22(31)16-5-3-6-17(25)21(16)26/h3-8,13,15,20H,9-12H2,1-2H3,(H,27,28,29). The zero-order valence-electron chi connectivity index (χ0n) is 18.8. The number of ether oxygens (including phenoxy) is 1. The molecule has 1 amide bonds. The highest BCUT2D eigenvalue weighted by Crippen LogP contribution is 2.34. The summed E-state index contributed by atoms with van der Waals surface area (Å²) in [4.78, 5) is 36.9. The van der Waals surface area contributed by atoms with Gasteiger partial charge >= 0.3 is 5.97 Å². The normalized spacial score (nSPS) is 15.1. The van der Waals surface area contributed by atoms with E-state index in [1.165, 1.54) is 35.5 Å². The largest absolute Gasteiger partial charge is 0.468 e. The van der Waals surface area contributed by atoms with E-state index in [1.54, 1.807) is 18.3 Å². The summed E-state index contributed by atoms with van der Waals surface area (Å²) in [5.74, 6) is -3.35. The zero-order chi connectivity index (χ0) is 24.2. The van der Waals surface area contributed by atoms with Gasteiger partial charge in [0, 0.05) is 24.2 Å². The summed E-state index contributed by atoms with van der Waals surface area (Å²) in [6.45, 7) is 2.58. The van der Waals surface area contributed by atoms with Crippen molar-refractivity contribution in [1.82, 2.24) is 14.9 Å². The molecule has 0 spiro atoms. The van der Waals surface area contributed by atoms with Gasteiger partial charge in [0.15, 0.2) is 16.8 Å². The average molecular weight is 487 g/mol. The second-order valence-corrected chi connectivity index (χ2v) is 9.32. The molecular formula is C24H24F2N4O3S. The third kappa shape index (κ3) is 5.06. The van der Waals surface area contributed by atoms with Gasteiger partial charge in [-0.3, -0.25) is 9.59 Å². The first-order valence-electron chi connectivity index (χ1n) is 10.8. The van der Waals surface area contributed by atoms with Crippen molar-refractivity contribution in [3.63, 3.8) is 0 Å². The number of likely N-dealkylation sites (tertiary alicyclic amines) is 1. The maximum absolute atomic E-state index is 14.1. The summed E-state index contributed by atoms with van der Waals surface area (Å²) in [5.41, 5.74) is 0.270. The molecule has 2 aromatic heterocycles. The van der Waals surface area contributed by atoms with Crippen LogP contribution in [-0.2, 0) is 9.53 Å². The van der Waals surface area contributed by atoms with Crippen LogP contribution in [0.3, 0.4) is 0 Å². The lowest BCUT2D eigenvalue weighted by Gasteiger charge is -2.35. The number of nitrogens with zero attached hydrogens (tertiary/aromatic N) is 3. The number of hydrogen-bond acceptors (Lipinski definition) is 7. The van der Waals surface area contributed by atoms with Crippen molar-refractivity contribution in [2.45, 2.75) is 25.7 Å². The van der Waals surface area contributed by atoms with Gasteiger partial charge in [0.05, 0.1) is 18.4 Å². The summed E-state index contributed by atoms with van der Waals surface area (Å²) in [5, 5.41) is 3.86. The van der Waals surface area contributed by atoms with Gasteiger partial charge in [-0.1, -0.05) is 12.1 Å².